The van der Waals surface area contributed by atoms with Gasteiger partial charge in [-0.2, -0.15) is 0 Å². The Morgan fingerprint density at radius 1 is 0.491 bits per heavy atom. The quantitative estimate of drug-likeness (QED) is 0.181. The van der Waals surface area contributed by atoms with Crippen molar-refractivity contribution in [3.8, 4) is 45.0 Å². The van der Waals surface area contributed by atoms with Gasteiger partial charge in [-0.25, -0.2) is 15.0 Å². The van der Waals surface area contributed by atoms with Crippen molar-refractivity contribution in [2.24, 2.45) is 14.1 Å². The van der Waals surface area contributed by atoms with Crippen molar-refractivity contribution < 1.29 is 9.59 Å². The van der Waals surface area contributed by atoms with Crippen LogP contribution in [0, 0.1) is 0 Å². The minimum atomic E-state index is -0.154. The van der Waals surface area contributed by atoms with Crippen LogP contribution in [-0.2, 0) is 14.1 Å². The summed E-state index contributed by atoms with van der Waals surface area (Å²) in [6, 6.07) is 40.4. The highest BCUT2D eigenvalue weighted by atomic mass is 16.2. The summed E-state index contributed by atoms with van der Waals surface area (Å²) in [7, 11) is 3.85. The van der Waals surface area contributed by atoms with Gasteiger partial charge in [-0.1, -0.05) is 128 Å². The largest absolute Gasteiger partial charge is 0.336 e. The van der Waals surface area contributed by atoms with Crippen molar-refractivity contribution in [1.82, 2.24) is 34.4 Å². The topological polar surface area (TPSA) is 88.3 Å². The van der Waals surface area contributed by atoms with Gasteiger partial charge < -0.3 is 14.0 Å². The van der Waals surface area contributed by atoms with Gasteiger partial charge in [0.25, 0.3) is 5.91 Å². The van der Waals surface area contributed by atoms with E-state index in [-0.39, 0.29) is 11.8 Å². The van der Waals surface area contributed by atoms with Crippen molar-refractivity contribution in [2.75, 3.05) is 26.2 Å². The highest BCUT2D eigenvalue weighted by molar-refractivity contribution is 5.95. The third-order valence-electron chi connectivity index (χ3n) is 10.0. The van der Waals surface area contributed by atoms with Crippen LogP contribution in [0.3, 0.4) is 0 Å². The molecule has 2 saturated heterocycles. The first-order valence-electron chi connectivity index (χ1n) is 18.7. The fraction of sp³-hybridized carbons (Fsp3) is 0.273. The number of amides is 2. The Labute approximate surface area is 311 Å². The van der Waals surface area contributed by atoms with Crippen molar-refractivity contribution in [1.29, 1.82) is 0 Å². The maximum absolute atomic E-state index is 13.1. The average Bonchev–Trinajstić information content (AvgIpc) is 3.76. The zero-order chi connectivity index (χ0) is 36.6. The van der Waals surface area contributed by atoms with Crippen LogP contribution in [0.1, 0.15) is 59.8 Å². The molecule has 0 spiro atoms. The Morgan fingerprint density at radius 3 is 1.32 bits per heavy atom. The molecular weight excluding hydrogens is 659 g/mol. The van der Waals surface area contributed by atoms with Gasteiger partial charge in [-0.05, 0) is 32.1 Å². The van der Waals surface area contributed by atoms with E-state index in [0.717, 1.165) is 96.9 Å². The summed E-state index contributed by atoms with van der Waals surface area (Å²) >= 11 is 0. The van der Waals surface area contributed by atoms with Gasteiger partial charge in [0.05, 0.1) is 22.8 Å². The molecular formula is C44H47N7O2. The molecule has 0 atom stereocenters. The Bertz CT molecular complexity index is 2110. The lowest BCUT2D eigenvalue weighted by Crippen LogP contribution is -2.45. The number of aromatic nitrogens is 4. The minimum absolute atomic E-state index is 0.0339. The van der Waals surface area contributed by atoms with Gasteiger partial charge in [0.1, 0.15) is 0 Å². The van der Waals surface area contributed by atoms with Crippen LogP contribution in [0.15, 0.2) is 121 Å². The van der Waals surface area contributed by atoms with Crippen LogP contribution in [0.2, 0.25) is 0 Å². The van der Waals surface area contributed by atoms with Crippen molar-refractivity contribution >= 4 is 11.8 Å². The van der Waals surface area contributed by atoms with E-state index in [4.69, 9.17) is 9.97 Å². The lowest BCUT2D eigenvalue weighted by Gasteiger charge is -2.26. The van der Waals surface area contributed by atoms with E-state index in [2.05, 4.69) is 29.7 Å². The number of nitrogens with zero attached hydrogens (tertiary/aromatic N) is 6. The van der Waals surface area contributed by atoms with Crippen LogP contribution in [-0.4, -0.2) is 67.0 Å². The van der Waals surface area contributed by atoms with Crippen molar-refractivity contribution in [3.63, 3.8) is 0 Å². The van der Waals surface area contributed by atoms with Crippen molar-refractivity contribution in [2.45, 2.75) is 38.5 Å². The molecule has 6 aromatic rings. The number of hydrogen-bond donors (Lipinski definition) is 1. The molecule has 0 aliphatic carbocycles. The molecule has 0 unspecified atom stereocenters. The molecule has 9 nitrogen and oxygen atoms in total. The van der Waals surface area contributed by atoms with Crippen LogP contribution in [0.4, 0.5) is 0 Å². The van der Waals surface area contributed by atoms with Crippen LogP contribution in [0.5, 0.6) is 0 Å². The van der Waals surface area contributed by atoms with Gasteiger partial charge >= 0.3 is 5.91 Å². The van der Waals surface area contributed by atoms with E-state index in [1.54, 1.807) is 0 Å². The Morgan fingerprint density at radius 2 is 0.868 bits per heavy atom. The SMILES string of the molecule is Cn1c(C(=O)N2CCCCC2)nc(-c2ccccc2)c1-c1ccccc1.Cn1c(C(=O)NN2CCCCC2)nc(-c2ccccc2)c1-c1ccccc1. The second-order valence-corrected chi connectivity index (χ2v) is 13.7. The molecule has 9 heteroatoms. The second-order valence-electron chi connectivity index (χ2n) is 13.7. The summed E-state index contributed by atoms with van der Waals surface area (Å²) < 4.78 is 3.85. The summed E-state index contributed by atoms with van der Waals surface area (Å²) in [4.78, 5) is 37.5. The first kappa shape index (κ1) is 35.6. The molecule has 4 heterocycles. The van der Waals surface area contributed by atoms with Gasteiger partial charge in [0.2, 0.25) is 5.82 Å². The standard InChI is InChI=1S/C22H24N4O.C22H23N3O/c1-25-20(18-13-7-3-8-14-18)19(17-11-5-2-6-12-17)23-21(25)22(27)24-26-15-9-4-10-16-26;1-24-20(18-13-7-3-8-14-18)19(17-11-5-2-6-12-17)23-21(24)22(26)25-15-9-4-10-16-25/h2-3,5-8,11-14H,4,9-10,15-16H2,1H3,(H,24,27);2-3,5-8,11-14H,4,9-10,15-16H2,1H3. The zero-order valence-electron chi connectivity index (χ0n) is 30.6. The molecule has 270 valence electrons. The van der Waals surface area contributed by atoms with Crippen molar-refractivity contribution in [3.05, 3.63) is 133 Å². The lowest BCUT2D eigenvalue weighted by atomic mass is 10.1. The van der Waals surface area contributed by atoms with E-state index in [0.29, 0.717) is 11.6 Å². The predicted molar refractivity (Wildman–Crippen MR) is 211 cm³/mol. The molecule has 4 aromatic carbocycles. The molecule has 53 heavy (non-hydrogen) atoms. The number of likely N-dealkylation sites (tertiary alicyclic amines) is 1. The molecule has 2 aromatic heterocycles. The number of hydrazine groups is 1. The maximum atomic E-state index is 13.1. The highest BCUT2D eigenvalue weighted by Crippen LogP contribution is 2.34. The number of imidazole rings is 2. The molecule has 2 amide bonds. The summed E-state index contributed by atoms with van der Waals surface area (Å²) in [6.07, 6.45) is 6.82. The van der Waals surface area contributed by atoms with E-state index in [1.807, 2.05) is 130 Å². The monoisotopic (exact) mass is 705 g/mol. The molecule has 8 rings (SSSR count). The molecule has 2 fully saturated rings. The van der Waals surface area contributed by atoms with Gasteiger partial charge in [-0.15, -0.1) is 0 Å². The number of nitrogens with one attached hydrogen (secondary N) is 1. The van der Waals surface area contributed by atoms with E-state index < -0.39 is 0 Å². The first-order chi connectivity index (χ1) is 26.0. The molecule has 0 saturated carbocycles. The van der Waals surface area contributed by atoms with E-state index in [9.17, 15) is 9.59 Å². The normalized spacial score (nSPS) is 14.6. The fourth-order valence-corrected chi connectivity index (χ4v) is 7.28. The predicted octanol–water partition coefficient (Wildman–Crippen LogP) is 8.27. The Kier molecular flexibility index (Phi) is 11.2. The van der Waals surface area contributed by atoms with Gasteiger partial charge in [-0.3, -0.25) is 15.0 Å². The first-order valence-corrected chi connectivity index (χ1v) is 18.7. The Balaban J connectivity index is 0.000000164. The molecule has 1 N–H and O–H groups in total. The molecule has 2 aliphatic rings. The minimum Gasteiger partial charge on any atom is -0.336 e. The average molecular weight is 706 g/mol. The number of benzene rings is 4. The van der Waals surface area contributed by atoms with Crippen LogP contribution in [0.25, 0.3) is 45.0 Å². The lowest BCUT2D eigenvalue weighted by molar-refractivity contribution is 0.0706. The smallest absolute Gasteiger partial charge is 0.301 e. The number of carbonyl (C=O) groups excluding carboxylic acids is 2. The highest BCUT2D eigenvalue weighted by Gasteiger charge is 2.27. The van der Waals surface area contributed by atoms with Gasteiger partial charge in [0.15, 0.2) is 5.82 Å². The van der Waals surface area contributed by atoms with Gasteiger partial charge in [0, 0.05) is 62.5 Å². The maximum Gasteiger partial charge on any atom is 0.301 e. The molecule has 0 bridgehead atoms. The third kappa shape index (κ3) is 8.00. The van der Waals surface area contributed by atoms with Crippen LogP contribution < -0.4 is 5.43 Å². The zero-order valence-corrected chi connectivity index (χ0v) is 30.6. The fourth-order valence-electron chi connectivity index (χ4n) is 7.28. The van der Waals surface area contributed by atoms with E-state index in [1.165, 1.54) is 12.8 Å². The number of hydrogen-bond acceptors (Lipinski definition) is 5. The summed E-state index contributed by atoms with van der Waals surface area (Å²) in [6.45, 7) is 3.45. The van der Waals surface area contributed by atoms with E-state index >= 15 is 0 Å². The molecule has 0 radical (unpaired) electrons. The number of rotatable bonds is 7. The summed E-state index contributed by atoms with van der Waals surface area (Å²) in [5.74, 6) is 0.827. The summed E-state index contributed by atoms with van der Waals surface area (Å²) in [5, 5.41) is 2.00. The third-order valence-corrected chi connectivity index (χ3v) is 10.0. The summed E-state index contributed by atoms with van der Waals surface area (Å²) in [5.41, 5.74) is 10.8. The molecule has 2 aliphatic heterocycles. The second kappa shape index (κ2) is 16.7. The van der Waals surface area contributed by atoms with Crippen LogP contribution >= 0.6 is 0 Å². The number of piperidine rings is 2. The Hall–Kier alpha value is -5.80. The number of carbonyl (C=O) groups is 2.